The fourth-order valence-electron chi connectivity index (χ4n) is 1.19. The molecular formula is C15H26O3. The van der Waals surface area contributed by atoms with Gasteiger partial charge in [-0.1, -0.05) is 45.0 Å². The highest BCUT2D eigenvalue weighted by Gasteiger charge is 1.98. The summed E-state index contributed by atoms with van der Waals surface area (Å²) in [6.07, 6.45) is 1.87. The lowest BCUT2D eigenvalue weighted by Gasteiger charge is -2.00. The highest BCUT2D eigenvalue weighted by Crippen LogP contribution is 2.06. The van der Waals surface area contributed by atoms with E-state index in [0.717, 1.165) is 12.0 Å². The lowest BCUT2D eigenvalue weighted by atomic mass is 10.1. The number of hydrogen-bond donors (Lipinski definition) is 1. The van der Waals surface area contributed by atoms with E-state index in [4.69, 9.17) is 5.11 Å². The van der Waals surface area contributed by atoms with Crippen LogP contribution in [-0.2, 0) is 22.4 Å². The second kappa shape index (κ2) is 13.7. The topological polar surface area (TPSA) is 46.5 Å². The number of carboxylic acids is 1. The zero-order valence-corrected chi connectivity index (χ0v) is 12.2. The van der Waals surface area contributed by atoms with E-state index in [2.05, 4.69) is 23.8 Å². The quantitative estimate of drug-likeness (QED) is 0.893. The lowest BCUT2D eigenvalue weighted by Crippen LogP contribution is -1.97. The third-order valence-corrected chi connectivity index (χ3v) is 2.06. The highest BCUT2D eigenvalue weighted by atomic mass is 16.4. The summed E-state index contributed by atoms with van der Waals surface area (Å²) >= 11 is 0. The van der Waals surface area contributed by atoms with Crippen molar-refractivity contribution < 1.29 is 14.6 Å². The number of rotatable bonds is 4. The molecule has 1 aromatic rings. The molecule has 0 bridgehead atoms. The molecule has 0 heterocycles. The van der Waals surface area contributed by atoms with Crippen molar-refractivity contribution in [3.8, 4) is 0 Å². The van der Waals surface area contributed by atoms with Gasteiger partial charge in [0.05, 0.1) is 0 Å². The van der Waals surface area contributed by atoms with Gasteiger partial charge < -0.3 is 9.84 Å². The van der Waals surface area contributed by atoms with Crippen molar-refractivity contribution in [3.05, 3.63) is 35.4 Å². The summed E-state index contributed by atoms with van der Waals surface area (Å²) in [5.41, 5.74) is 2.39. The van der Waals surface area contributed by atoms with Gasteiger partial charge in [-0.15, -0.1) is 0 Å². The molecular weight excluding hydrogens is 228 g/mol. The fraction of sp³-hybridized carbons (Fsp3) is 0.533. The summed E-state index contributed by atoms with van der Waals surface area (Å²) in [5.74, 6) is -0.737. The number of carbonyl (C=O) groups is 1. The molecule has 0 aliphatic rings. The first kappa shape index (κ1) is 19.0. The third kappa shape index (κ3) is 11.1. The lowest BCUT2D eigenvalue weighted by molar-refractivity contribution is -0.136. The Hall–Kier alpha value is -1.35. The van der Waals surface area contributed by atoms with E-state index >= 15 is 0 Å². The molecule has 104 valence electrons. The maximum Gasteiger partial charge on any atom is 0.303 e. The molecule has 0 aliphatic heterocycles. The molecule has 0 atom stereocenters. The molecule has 1 rings (SSSR count). The van der Waals surface area contributed by atoms with Crippen molar-refractivity contribution in [2.24, 2.45) is 0 Å². The third-order valence-electron chi connectivity index (χ3n) is 2.06. The molecule has 3 nitrogen and oxygen atoms in total. The predicted molar refractivity (Wildman–Crippen MR) is 76.1 cm³/mol. The molecule has 0 radical (unpaired) electrons. The summed E-state index contributed by atoms with van der Waals surface area (Å²) in [4.78, 5) is 10.3. The normalized spacial score (nSPS) is 8.50. The fourth-order valence-corrected chi connectivity index (χ4v) is 1.19. The Bertz CT molecular complexity index is 291. The van der Waals surface area contributed by atoms with E-state index in [1.807, 2.05) is 26.0 Å². The van der Waals surface area contributed by atoms with Crippen LogP contribution >= 0.6 is 0 Å². The van der Waals surface area contributed by atoms with Gasteiger partial charge in [0.25, 0.3) is 0 Å². The number of methoxy groups -OCH3 is 1. The SMILES string of the molecule is CC.CCc1ccc(CCC(=O)O)cc1.COC. The van der Waals surface area contributed by atoms with Crippen LogP contribution in [0.4, 0.5) is 0 Å². The van der Waals surface area contributed by atoms with Crippen LogP contribution < -0.4 is 0 Å². The van der Waals surface area contributed by atoms with Crippen molar-refractivity contribution in [2.45, 2.75) is 40.0 Å². The molecule has 0 unspecified atom stereocenters. The molecule has 0 saturated carbocycles. The van der Waals surface area contributed by atoms with E-state index in [9.17, 15) is 4.79 Å². The zero-order valence-electron chi connectivity index (χ0n) is 12.2. The van der Waals surface area contributed by atoms with Crippen LogP contribution in [0.3, 0.4) is 0 Å². The average Bonchev–Trinajstić information content (AvgIpc) is 2.40. The summed E-state index contributed by atoms with van der Waals surface area (Å²) in [6.45, 7) is 6.10. The van der Waals surface area contributed by atoms with E-state index in [1.165, 1.54) is 5.56 Å². The van der Waals surface area contributed by atoms with Gasteiger partial charge in [-0.2, -0.15) is 0 Å². The van der Waals surface area contributed by atoms with Crippen LogP contribution in [0.1, 0.15) is 38.3 Å². The Morgan fingerprint density at radius 3 is 1.83 bits per heavy atom. The van der Waals surface area contributed by atoms with Crippen LogP contribution in [0.25, 0.3) is 0 Å². The highest BCUT2D eigenvalue weighted by molar-refractivity contribution is 5.67. The van der Waals surface area contributed by atoms with E-state index in [1.54, 1.807) is 14.2 Å². The molecule has 0 amide bonds. The summed E-state index contributed by atoms with van der Waals surface area (Å²) in [6, 6.07) is 8.11. The van der Waals surface area contributed by atoms with Crippen molar-refractivity contribution in [1.29, 1.82) is 0 Å². The first-order valence-corrected chi connectivity index (χ1v) is 6.33. The Morgan fingerprint density at radius 2 is 1.50 bits per heavy atom. The smallest absolute Gasteiger partial charge is 0.303 e. The molecule has 3 heteroatoms. The second-order valence-electron chi connectivity index (χ2n) is 3.47. The Morgan fingerprint density at radius 1 is 1.11 bits per heavy atom. The molecule has 0 aliphatic carbocycles. The summed E-state index contributed by atoms with van der Waals surface area (Å²) in [5, 5.41) is 8.48. The Kier molecular flexibility index (Phi) is 14.5. The summed E-state index contributed by atoms with van der Waals surface area (Å²) < 4.78 is 4.25. The van der Waals surface area contributed by atoms with Gasteiger partial charge >= 0.3 is 5.97 Å². The van der Waals surface area contributed by atoms with Crippen LogP contribution in [0.2, 0.25) is 0 Å². The monoisotopic (exact) mass is 254 g/mol. The predicted octanol–water partition coefficient (Wildman–Crippen LogP) is 3.56. The van der Waals surface area contributed by atoms with Gasteiger partial charge in [-0.3, -0.25) is 4.79 Å². The van der Waals surface area contributed by atoms with Crippen molar-refractivity contribution in [3.63, 3.8) is 0 Å². The van der Waals surface area contributed by atoms with Crippen LogP contribution in [0, 0.1) is 0 Å². The molecule has 18 heavy (non-hydrogen) atoms. The van der Waals surface area contributed by atoms with E-state index in [0.29, 0.717) is 6.42 Å². The van der Waals surface area contributed by atoms with Gasteiger partial charge in [0.15, 0.2) is 0 Å². The standard InChI is InChI=1S/C11H14O2.C2H6O.C2H6/c1-2-9-3-5-10(6-4-9)7-8-11(12)13;1-3-2;1-2/h3-6H,2,7-8H2,1H3,(H,12,13);1-2H3;1-2H3. The van der Waals surface area contributed by atoms with Crippen molar-refractivity contribution in [2.75, 3.05) is 14.2 Å². The number of benzene rings is 1. The molecule has 0 fully saturated rings. The first-order chi connectivity index (χ1) is 8.63. The maximum absolute atomic E-state index is 10.3. The van der Waals surface area contributed by atoms with Gasteiger partial charge in [-0.05, 0) is 24.0 Å². The van der Waals surface area contributed by atoms with Gasteiger partial charge in [-0.25, -0.2) is 0 Å². The van der Waals surface area contributed by atoms with Gasteiger partial charge in [0, 0.05) is 20.6 Å². The van der Waals surface area contributed by atoms with Crippen molar-refractivity contribution in [1.82, 2.24) is 0 Å². The first-order valence-electron chi connectivity index (χ1n) is 6.33. The minimum atomic E-state index is -0.737. The largest absolute Gasteiger partial charge is 0.481 e. The maximum atomic E-state index is 10.3. The van der Waals surface area contributed by atoms with E-state index in [-0.39, 0.29) is 6.42 Å². The van der Waals surface area contributed by atoms with Gasteiger partial charge in [0.1, 0.15) is 0 Å². The molecule has 1 aromatic carbocycles. The van der Waals surface area contributed by atoms with E-state index < -0.39 is 5.97 Å². The van der Waals surface area contributed by atoms with Crippen LogP contribution in [0.5, 0.6) is 0 Å². The minimum Gasteiger partial charge on any atom is -0.481 e. The Balaban J connectivity index is 0. The number of carboxylic acid groups (broad SMARTS) is 1. The molecule has 0 aromatic heterocycles. The van der Waals surface area contributed by atoms with Crippen LogP contribution in [-0.4, -0.2) is 25.3 Å². The molecule has 0 saturated heterocycles. The number of aryl methyl sites for hydroxylation is 2. The average molecular weight is 254 g/mol. The number of aliphatic carboxylic acids is 1. The minimum absolute atomic E-state index is 0.214. The molecule has 1 N–H and O–H groups in total. The van der Waals surface area contributed by atoms with Crippen molar-refractivity contribution >= 4 is 5.97 Å². The number of hydrogen-bond acceptors (Lipinski definition) is 2. The zero-order chi connectivity index (χ0) is 14.4. The van der Waals surface area contributed by atoms with Gasteiger partial charge in [0.2, 0.25) is 0 Å². The molecule has 0 spiro atoms. The number of ether oxygens (including phenoxy) is 1. The van der Waals surface area contributed by atoms with Crippen LogP contribution in [0.15, 0.2) is 24.3 Å². The second-order valence-corrected chi connectivity index (χ2v) is 3.47. The summed E-state index contributed by atoms with van der Waals surface area (Å²) in [7, 11) is 3.25. The Labute approximate surface area is 111 Å².